The Bertz CT molecular complexity index is 1540. The van der Waals surface area contributed by atoms with E-state index in [1.54, 1.807) is 44.8 Å². The van der Waals surface area contributed by atoms with Gasteiger partial charge in [-0.15, -0.1) is 0 Å². The molecular formula is C30H33ClN8O4. The predicted octanol–water partition coefficient (Wildman–Crippen LogP) is 5.05. The summed E-state index contributed by atoms with van der Waals surface area (Å²) in [7, 11) is 3.17. The molecule has 0 radical (unpaired) electrons. The third-order valence-electron chi connectivity index (χ3n) is 6.64. The SMILES string of the molecule is COc1cc(NC(=O)NCCc2cccnc2)ccc1Nc1ncc(Cl)c(Nc2ccc(C3CNCCO3)c(OC)c2)n1. The van der Waals surface area contributed by atoms with Crippen molar-refractivity contribution in [3.05, 3.63) is 83.3 Å². The lowest BCUT2D eigenvalue weighted by atomic mass is 10.1. The number of rotatable bonds is 11. The van der Waals surface area contributed by atoms with E-state index in [1.165, 1.54) is 6.20 Å². The molecule has 0 aliphatic carbocycles. The highest BCUT2D eigenvalue weighted by Crippen LogP contribution is 2.34. The van der Waals surface area contributed by atoms with Gasteiger partial charge in [-0.05, 0) is 36.2 Å². The lowest BCUT2D eigenvalue weighted by Crippen LogP contribution is -2.33. The molecule has 3 heterocycles. The first-order chi connectivity index (χ1) is 21.0. The number of methoxy groups -OCH3 is 2. The normalized spacial score (nSPS) is 14.4. The van der Waals surface area contributed by atoms with Crippen molar-refractivity contribution in [3.8, 4) is 11.5 Å². The molecular weight excluding hydrogens is 572 g/mol. The topological polar surface area (TPSA) is 144 Å². The van der Waals surface area contributed by atoms with E-state index in [-0.39, 0.29) is 12.1 Å². The molecule has 12 nitrogen and oxygen atoms in total. The lowest BCUT2D eigenvalue weighted by Gasteiger charge is -2.25. The van der Waals surface area contributed by atoms with Crippen molar-refractivity contribution >= 4 is 46.5 Å². The van der Waals surface area contributed by atoms with Gasteiger partial charge in [0, 0.05) is 61.1 Å². The summed E-state index contributed by atoms with van der Waals surface area (Å²) >= 11 is 6.43. The Hall–Kier alpha value is -4.65. The van der Waals surface area contributed by atoms with Gasteiger partial charge in [-0.2, -0.15) is 4.98 Å². The third kappa shape index (κ3) is 8.01. The summed E-state index contributed by atoms with van der Waals surface area (Å²) in [6, 6.07) is 14.5. The summed E-state index contributed by atoms with van der Waals surface area (Å²) in [4.78, 5) is 25.3. The van der Waals surface area contributed by atoms with E-state index in [0.717, 1.165) is 29.9 Å². The van der Waals surface area contributed by atoms with Gasteiger partial charge >= 0.3 is 6.03 Å². The first-order valence-corrected chi connectivity index (χ1v) is 14.1. The number of amides is 2. The minimum absolute atomic E-state index is 0.0837. The lowest BCUT2D eigenvalue weighted by molar-refractivity contribution is 0.0263. The van der Waals surface area contributed by atoms with Crippen LogP contribution in [0.2, 0.25) is 5.02 Å². The molecule has 13 heteroatoms. The van der Waals surface area contributed by atoms with Crippen molar-refractivity contribution in [2.24, 2.45) is 0 Å². The van der Waals surface area contributed by atoms with Gasteiger partial charge in [-0.25, -0.2) is 9.78 Å². The molecule has 0 spiro atoms. The van der Waals surface area contributed by atoms with Gasteiger partial charge in [0.15, 0.2) is 5.82 Å². The predicted molar refractivity (Wildman–Crippen MR) is 166 cm³/mol. The number of nitrogens with one attached hydrogen (secondary N) is 5. The molecule has 1 aliphatic heterocycles. The van der Waals surface area contributed by atoms with Crippen LogP contribution >= 0.6 is 11.6 Å². The number of carbonyl (C=O) groups excluding carboxylic acids is 1. The van der Waals surface area contributed by atoms with Gasteiger partial charge in [-0.3, -0.25) is 4.98 Å². The van der Waals surface area contributed by atoms with Crippen LogP contribution in [-0.4, -0.2) is 61.4 Å². The summed E-state index contributed by atoms with van der Waals surface area (Å²) < 4.78 is 17.1. The first kappa shape index (κ1) is 29.8. The van der Waals surface area contributed by atoms with E-state index in [1.807, 2.05) is 30.3 Å². The second-order valence-electron chi connectivity index (χ2n) is 9.57. The molecule has 2 aromatic carbocycles. The molecule has 1 atom stereocenters. The Kier molecular flexibility index (Phi) is 10.1. The van der Waals surface area contributed by atoms with E-state index in [2.05, 4.69) is 41.5 Å². The van der Waals surface area contributed by atoms with Crippen molar-refractivity contribution < 1.29 is 19.0 Å². The number of carbonyl (C=O) groups is 1. The number of halogens is 1. The van der Waals surface area contributed by atoms with E-state index < -0.39 is 0 Å². The molecule has 0 bridgehead atoms. The van der Waals surface area contributed by atoms with Gasteiger partial charge in [0.2, 0.25) is 5.95 Å². The van der Waals surface area contributed by atoms with Crippen LogP contribution in [0.1, 0.15) is 17.2 Å². The number of nitrogens with zero attached hydrogens (tertiary/aromatic N) is 3. The van der Waals surface area contributed by atoms with Crippen LogP contribution in [-0.2, 0) is 11.2 Å². The van der Waals surface area contributed by atoms with E-state index in [4.69, 9.17) is 25.8 Å². The molecule has 43 heavy (non-hydrogen) atoms. The van der Waals surface area contributed by atoms with E-state index in [9.17, 15) is 4.79 Å². The highest BCUT2D eigenvalue weighted by atomic mass is 35.5. The number of hydrogen-bond donors (Lipinski definition) is 5. The number of pyridine rings is 1. The Morgan fingerprint density at radius 3 is 2.67 bits per heavy atom. The fourth-order valence-electron chi connectivity index (χ4n) is 4.51. The fourth-order valence-corrected chi connectivity index (χ4v) is 4.64. The largest absolute Gasteiger partial charge is 0.496 e. The molecule has 1 aliphatic rings. The molecule has 2 aromatic heterocycles. The molecule has 4 aromatic rings. The zero-order valence-electron chi connectivity index (χ0n) is 23.8. The average Bonchev–Trinajstić information content (AvgIpc) is 3.04. The highest BCUT2D eigenvalue weighted by Gasteiger charge is 2.20. The standard InChI is InChI=1S/C30H33ClN8O4/c1-41-25-14-20(5-7-22(25)27-18-33-12-13-43-27)36-28-23(31)17-35-29(39-28)38-24-8-6-21(15-26(24)42-2)37-30(40)34-11-9-19-4-3-10-32-16-19/h3-8,10,14-17,27,33H,9,11-13,18H2,1-2H3,(H2,34,37,40)(H2,35,36,38,39). The molecule has 5 N–H and O–H groups in total. The van der Waals surface area contributed by atoms with Gasteiger partial charge < -0.3 is 40.8 Å². The maximum atomic E-state index is 12.4. The van der Waals surface area contributed by atoms with Crippen molar-refractivity contribution in [1.82, 2.24) is 25.6 Å². The Morgan fingerprint density at radius 1 is 1.07 bits per heavy atom. The molecule has 1 saturated heterocycles. The Morgan fingerprint density at radius 2 is 1.91 bits per heavy atom. The van der Waals surface area contributed by atoms with E-state index in [0.29, 0.717) is 59.2 Å². The maximum absolute atomic E-state index is 12.4. The zero-order valence-corrected chi connectivity index (χ0v) is 24.6. The van der Waals surface area contributed by atoms with Gasteiger partial charge in [0.05, 0.1) is 38.8 Å². The smallest absolute Gasteiger partial charge is 0.319 e. The molecule has 5 rings (SSSR count). The number of aromatic nitrogens is 3. The minimum atomic E-state index is -0.323. The van der Waals surface area contributed by atoms with Crippen LogP contribution < -0.4 is 36.1 Å². The fraction of sp³-hybridized carbons (Fsp3) is 0.267. The van der Waals surface area contributed by atoms with Crippen LogP contribution in [0.15, 0.2) is 67.1 Å². The molecule has 2 amide bonds. The summed E-state index contributed by atoms with van der Waals surface area (Å²) in [6.45, 7) is 2.67. The molecule has 1 unspecified atom stereocenters. The van der Waals surface area contributed by atoms with Crippen molar-refractivity contribution in [1.29, 1.82) is 0 Å². The number of anilines is 5. The summed E-state index contributed by atoms with van der Waals surface area (Å²) in [5, 5.41) is 15.7. The van der Waals surface area contributed by atoms with Crippen LogP contribution in [0.25, 0.3) is 0 Å². The Balaban J connectivity index is 1.23. The number of urea groups is 1. The van der Waals surface area contributed by atoms with Gasteiger partial charge in [0.1, 0.15) is 16.5 Å². The number of hydrogen-bond acceptors (Lipinski definition) is 10. The number of ether oxygens (including phenoxy) is 3. The van der Waals surface area contributed by atoms with Crippen molar-refractivity contribution in [2.45, 2.75) is 12.5 Å². The monoisotopic (exact) mass is 604 g/mol. The second kappa shape index (κ2) is 14.5. The van der Waals surface area contributed by atoms with Crippen LogP contribution in [0, 0.1) is 0 Å². The molecule has 1 fully saturated rings. The summed E-state index contributed by atoms with van der Waals surface area (Å²) in [6.07, 6.45) is 5.59. The average molecular weight is 605 g/mol. The number of benzene rings is 2. The zero-order chi connectivity index (χ0) is 30.0. The van der Waals surface area contributed by atoms with Crippen molar-refractivity contribution in [2.75, 3.05) is 56.4 Å². The van der Waals surface area contributed by atoms with Crippen LogP contribution in [0.5, 0.6) is 11.5 Å². The molecule has 0 saturated carbocycles. The second-order valence-corrected chi connectivity index (χ2v) is 9.97. The summed E-state index contributed by atoms with van der Waals surface area (Å²) in [5.41, 5.74) is 3.91. The van der Waals surface area contributed by atoms with Crippen LogP contribution in [0.3, 0.4) is 0 Å². The quantitative estimate of drug-likeness (QED) is 0.158. The first-order valence-electron chi connectivity index (χ1n) is 13.7. The third-order valence-corrected chi connectivity index (χ3v) is 6.92. The summed E-state index contributed by atoms with van der Waals surface area (Å²) in [5.74, 6) is 1.89. The van der Waals surface area contributed by atoms with E-state index >= 15 is 0 Å². The highest BCUT2D eigenvalue weighted by molar-refractivity contribution is 6.32. The maximum Gasteiger partial charge on any atom is 0.319 e. The number of morpholine rings is 1. The van der Waals surface area contributed by atoms with Gasteiger partial charge in [0.25, 0.3) is 0 Å². The molecule has 224 valence electrons. The van der Waals surface area contributed by atoms with Gasteiger partial charge in [-0.1, -0.05) is 23.7 Å². The van der Waals surface area contributed by atoms with Crippen LogP contribution in [0.4, 0.5) is 33.6 Å². The minimum Gasteiger partial charge on any atom is -0.496 e. The Labute approximate surface area is 254 Å². The van der Waals surface area contributed by atoms with Crippen molar-refractivity contribution in [3.63, 3.8) is 0 Å².